The zero-order valence-corrected chi connectivity index (χ0v) is 19.2. The van der Waals surface area contributed by atoms with Crippen LogP contribution in [0.3, 0.4) is 0 Å². The maximum Gasteiger partial charge on any atom is 0.253 e. The molecule has 3 aromatic rings. The maximum atomic E-state index is 12.9. The number of nitrogens with two attached hydrogens (primary N) is 1. The van der Waals surface area contributed by atoms with E-state index in [0.29, 0.717) is 50.4 Å². The number of anilines is 1. The van der Waals surface area contributed by atoms with Crippen molar-refractivity contribution in [1.29, 1.82) is 0 Å². The van der Waals surface area contributed by atoms with Crippen LogP contribution < -0.4 is 15.4 Å². The van der Waals surface area contributed by atoms with Gasteiger partial charge in [0.25, 0.3) is 5.91 Å². The molecule has 8 heteroatoms. The average Bonchev–Trinajstić information content (AvgIpc) is 2.82. The van der Waals surface area contributed by atoms with E-state index < -0.39 is 5.60 Å². The molecule has 3 N–H and O–H groups in total. The molecule has 2 aromatic heterocycles. The molecule has 1 aliphatic rings. The first-order chi connectivity index (χ1) is 15.9. The molecule has 1 saturated heterocycles. The van der Waals surface area contributed by atoms with Crippen LogP contribution in [-0.4, -0.2) is 71.3 Å². The van der Waals surface area contributed by atoms with E-state index in [1.54, 1.807) is 42.4 Å². The molecular weight excluding hydrogens is 418 g/mol. The maximum absolute atomic E-state index is 12.9. The van der Waals surface area contributed by atoms with E-state index in [9.17, 15) is 9.90 Å². The van der Waals surface area contributed by atoms with Gasteiger partial charge in [0.1, 0.15) is 12.4 Å². The number of fused-ring (bicyclic) bond motifs is 1. The molecular formula is C25H31N5O3. The largest absolute Gasteiger partial charge is 0.492 e. The van der Waals surface area contributed by atoms with Gasteiger partial charge in [0, 0.05) is 68.0 Å². The molecule has 0 unspecified atom stereocenters. The van der Waals surface area contributed by atoms with E-state index in [1.165, 1.54) is 0 Å². The normalized spacial score (nSPS) is 15.5. The minimum Gasteiger partial charge on any atom is -0.492 e. The number of likely N-dealkylation sites (N-methyl/N-ethyl adjacent to an activating group) is 1. The van der Waals surface area contributed by atoms with E-state index in [-0.39, 0.29) is 12.5 Å². The fourth-order valence-corrected chi connectivity index (χ4v) is 4.37. The molecule has 0 atom stereocenters. The van der Waals surface area contributed by atoms with E-state index in [1.807, 2.05) is 19.2 Å². The first kappa shape index (κ1) is 22.9. The van der Waals surface area contributed by atoms with Crippen molar-refractivity contribution in [3.8, 4) is 5.75 Å². The zero-order chi connectivity index (χ0) is 23.4. The Hall–Kier alpha value is -3.23. The van der Waals surface area contributed by atoms with E-state index in [0.717, 1.165) is 22.3 Å². The predicted octanol–water partition coefficient (Wildman–Crippen LogP) is 2.38. The van der Waals surface area contributed by atoms with Gasteiger partial charge in [0.2, 0.25) is 0 Å². The highest BCUT2D eigenvalue weighted by atomic mass is 16.5. The summed E-state index contributed by atoms with van der Waals surface area (Å²) >= 11 is 0. The number of aromatic nitrogens is 2. The number of aliphatic hydroxyl groups is 1. The number of carbonyl (C=O) groups is 1. The van der Waals surface area contributed by atoms with Crippen molar-refractivity contribution >= 4 is 22.5 Å². The summed E-state index contributed by atoms with van der Waals surface area (Å²) in [4.78, 5) is 25.6. The lowest BCUT2D eigenvalue weighted by Crippen LogP contribution is -2.51. The molecule has 0 aliphatic carbocycles. The molecule has 1 aromatic carbocycles. The van der Waals surface area contributed by atoms with Gasteiger partial charge in [-0.3, -0.25) is 14.8 Å². The zero-order valence-electron chi connectivity index (χ0n) is 19.2. The van der Waals surface area contributed by atoms with Gasteiger partial charge in [-0.15, -0.1) is 0 Å². The van der Waals surface area contributed by atoms with Crippen LogP contribution in [0.5, 0.6) is 5.75 Å². The second-order valence-corrected chi connectivity index (χ2v) is 8.71. The Morgan fingerprint density at radius 2 is 1.97 bits per heavy atom. The van der Waals surface area contributed by atoms with Crippen LogP contribution in [0.25, 0.3) is 10.9 Å². The monoisotopic (exact) mass is 449 g/mol. The molecule has 174 valence electrons. The summed E-state index contributed by atoms with van der Waals surface area (Å²) in [5.41, 5.74) is 8.05. The standard InChI is InChI=1S/C25H31N5O3/c1-18-15-23(21-16-27-11-7-22(21)28-18)30-12-8-25(32,9-13-30)17-29(2)24(31)19-3-5-20(6-4-19)33-14-10-26/h3-7,11,15-16,32H,8-10,12-14,17,26H2,1-2H3. The van der Waals surface area contributed by atoms with Crippen LogP contribution in [-0.2, 0) is 0 Å². The van der Waals surface area contributed by atoms with Crippen LogP contribution in [0.15, 0.2) is 48.8 Å². The topological polar surface area (TPSA) is 105 Å². The Labute approximate surface area is 194 Å². The minimum atomic E-state index is -0.929. The Bertz CT molecular complexity index is 1110. The quantitative estimate of drug-likeness (QED) is 0.571. The number of ether oxygens (including phenoxy) is 1. The average molecular weight is 450 g/mol. The number of amides is 1. The number of pyridine rings is 2. The second kappa shape index (κ2) is 9.72. The molecule has 0 radical (unpaired) electrons. The summed E-state index contributed by atoms with van der Waals surface area (Å²) in [6.45, 7) is 4.53. The SMILES string of the molecule is Cc1cc(N2CCC(O)(CN(C)C(=O)c3ccc(OCCN)cc3)CC2)c2cnccc2n1. The minimum absolute atomic E-state index is 0.127. The number of piperidine rings is 1. The molecule has 1 amide bonds. The first-order valence-electron chi connectivity index (χ1n) is 11.3. The van der Waals surface area contributed by atoms with Gasteiger partial charge >= 0.3 is 0 Å². The number of rotatable bonds is 7. The van der Waals surface area contributed by atoms with Gasteiger partial charge in [-0.05, 0) is 56.2 Å². The molecule has 0 saturated carbocycles. The van der Waals surface area contributed by atoms with Crippen LogP contribution >= 0.6 is 0 Å². The lowest BCUT2D eigenvalue weighted by molar-refractivity contribution is -0.00799. The Balaban J connectivity index is 1.39. The molecule has 0 bridgehead atoms. The van der Waals surface area contributed by atoms with Gasteiger partial charge in [-0.1, -0.05) is 0 Å². The van der Waals surface area contributed by atoms with Gasteiger partial charge in [0.15, 0.2) is 0 Å². The molecule has 4 rings (SSSR count). The van der Waals surface area contributed by atoms with Crippen molar-refractivity contribution in [2.24, 2.45) is 5.73 Å². The fraction of sp³-hybridized carbons (Fsp3) is 0.400. The molecule has 1 aliphatic heterocycles. The summed E-state index contributed by atoms with van der Waals surface area (Å²) in [5, 5.41) is 12.2. The Morgan fingerprint density at radius 1 is 1.24 bits per heavy atom. The predicted molar refractivity (Wildman–Crippen MR) is 129 cm³/mol. The lowest BCUT2D eigenvalue weighted by atomic mass is 9.90. The van der Waals surface area contributed by atoms with Crippen molar-refractivity contribution in [3.05, 3.63) is 60.0 Å². The molecule has 1 fully saturated rings. The fourth-order valence-electron chi connectivity index (χ4n) is 4.37. The number of carbonyl (C=O) groups excluding carboxylic acids is 1. The van der Waals surface area contributed by atoms with Crippen molar-refractivity contribution in [1.82, 2.24) is 14.9 Å². The lowest BCUT2D eigenvalue weighted by Gasteiger charge is -2.41. The Morgan fingerprint density at radius 3 is 2.67 bits per heavy atom. The van der Waals surface area contributed by atoms with Crippen molar-refractivity contribution in [3.63, 3.8) is 0 Å². The summed E-state index contributed by atoms with van der Waals surface area (Å²) in [7, 11) is 1.73. The van der Waals surface area contributed by atoms with Crippen LogP contribution in [0.4, 0.5) is 5.69 Å². The van der Waals surface area contributed by atoms with Crippen LogP contribution in [0.2, 0.25) is 0 Å². The Kier molecular flexibility index (Phi) is 6.76. The van der Waals surface area contributed by atoms with E-state index in [2.05, 4.69) is 20.9 Å². The summed E-state index contributed by atoms with van der Waals surface area (Å²) < 4.78 is 5.47. The second-order valence-electron chi connectivity index (χ2n) is 8.71. The number of nitrogens with zero attached hydrogens (tertiary/aromatic N) is 4. The molecule has 3 heterocycles. The summed E-state index contributed by atoms with van der Waals surface area (Å²) in [6.07, 6.45) is 4.73. The van der Waals surface area contributed by atoms with E-state index in [4.69, 9.17) is 10.5 Å². The van der Waals surface area contributed by atoms with Gasteiger partial charge in [-0.25, -0.2) is 0 Å². The summed E-state index contributed by atoms with van der Waals surface area (Å²) in [6, 6.07) is 11.0. The highest BCUT2D eigenvalue weighted by Crippen LogP contribution is 2.32. The number of hydrogen-bond acceptors (Lipinski definition) is 7. The third-order valence-electron chi connectivity index (χ3n) is 6.12. The van der Waals surface area contributed by atoms with Gasteiger partial charge in [-0.2, -0.15) is 0 Å². The highest BCUT2D eigenvalue weighted by molar-refractivity contribution is 5.94. The van der Waals surface area contributed by atoms with Crippen LogP contribution in [0, 0.1) is 6.92 Å². The number of benzene rings is 1. The van der Waals surface area contributed by atoms with Crippen LogP contribution in [0.1, 0.15) is 28.9 Å². The molecule has 33 heavy (non-hydrogen) atoms. The van der Waals surface area contributed by atoms with E-state index >= 15 is 0 Å². The van der Waals surface area contributed by atoms with Crippen molar-refractivity contribution < 1.29 is 14.6 Å². The smallest absolute Gasteiger partial charge is 0.253 e. The van der Waals surface area contributed by atoms with Crippen molar-refractivity contribution in [2.45, 2.75) is 25.4 Å². The first-order valence-corrected chi connectivity index (χ1v) is 11.3. The van der Waals surface area contributed by atoms with Gasteiger partial charge in [0.05, 0.1) is 11.1 Å². The van der Waals surface area contributed by atoms with Crippen molar-refractivity contribution in [2.75, 3.05) is 44.7 Å². The molecule has 8 nitrogen and oxygen atoms in total. The third-order valence-corrected chi connectivity index (χ3v) is 6.12. The highest BCUT2D eigenvalue weighted by Gasteiger charge is 2.35. The number of hydrogen-bond donors (Lipinski definition) is 2. The summed E-state index contributed by atoms with van der Waals surface area (Å²) in [5.74, 6) is 0.554. The van der Waals surface area contributed by atoms with Gasteiger partial charge < -0.3 is 25.4 Å². The molecule has 0 spiro atoms. The number of aryl methyl sites for hydroxylation is 1. The third kappa shape index (κ3) is 5.23.